The van der Waals surface area contributed by atoms with Crippen molar-refractivity contribution in [2.45, 2.75) is 52.0 Å². The molecule has 2 fully saturated rings. The van der Waals surface area contributed by atoms with E-state index in [-0.39, 0.29) is 29.0 Å². The zero-order valence-electron chi connectivity index (χ0n) is 19.4. The molecule has 1 saturated carbocycles. The molecule has 1 aliphatic heterocycles. The van der Waals surface area contributed by atoms with Crippen LogP contribution < -0.4 is 10.3 Å². The lowest BCUT2D eigenvalue weighted by molar-refractivity contribution is -0.124. The largest absolute Gasteiger partial charge is 0.438 e. The Morgan fingerprint density at radius 1 is 1.14 bits per heavy atom. The molecule has 1 amide bonds. The summed E-state index contributed by atoms with van der Waals surface area (Å²) in [6, 6.07) is 9.04. The van der Waals surface area contributed by atoms with Gasteiger partial charge in [0.15, 0.2) is 0 Å². The Hall–Kier alpha value is -2.68. The quantitative estimate of drug-likeness (QED) is 0.294. The van der Waals surface area contributed by atoms with Crippen LogP contribution in [0, 0.1) is 13.8 Å². The lowest BCUT2D eigenvalue weighted by atomic mass is 9.94. The molecule has 9 heteroatoms. The third-order valence-electron chi connectivity index (χ3n) is 6.43. The van der Waals surface area contributed by atoms with Gasteiger partial charge in [0.25, 0.3) is 11.5 Å². The number of thioether (sulfide) groups is 1. The molecule has 0 bridgehead atoms. The molecule has 2 aliphatic rings. The lowest BCUT2D eigenvalue weighted by Gasteiger charge is -2.29. The molecule has 0 spiro atoms. The normalized spacial score (nSPS) is 18.1. The van der Waals surface area contributed by atoms with E-state index in [0.717, 1.165) is 36.8 Å². The number of carbonyl (C=O) groups excluding carboxylic acids is 1. The maximum Gasteiger partial charge on any atom is 0.269 e. The van der Waals surface area contributed by atoms with Crippen LogP contribution in [0.5, 0.6) is 11.6 Å². The van der Waals surface area contributed by atoms with Crippen LogP contribution in [0.4, 0.5) is 0 Å². The van der Waals surface area contributed by atoms with Crippen LogP contribution in [0.3, 0.4) is 0 Å². The number of carbonyl (C=O) groups is 1. The summed E-state index contributed by atoms with van der Waals surface area (Å²) in [5.41, 5.74) is 2.04. The highest BCUT2D eigenvalue weighted by Gasteiger charge is 2.38. The fourth-order valence-corrected chi connectivity index (χ4v) is 6.05. The van der Waals surface area contributed by atoms with Gasteiger partial charge in [-0.2, -0.15) is 4.98 Å². The van der Waals surface area contributed by atoms with Crippen LogP contribution in [0.15, 0.2) is 46.2 Å². The van der Waals surface area contributed by atoms with E-state index in [4.69, 9.17) is 28.6 Å². The number of amides is 1. The van der Waals surface area contributed by atoms with Crippen molar-refractivity contribution in [3.05, 3.63) is 73.5 Å². The molecular formula is C26H24ClN3O3S2. The highest BCUT2D eigenvalue weighted by molar-refractivity contribution is 8.26. The van der Waals surface area contributed by atoms with Gasteiger partial charge in [-0.15, -0.1) is 0 Å². The second-order valence-corrected chi connectivity index (χ2v) is 11.0. The minimum absolute atomic E-state index is 0.119. The van der Waals surface area contributed by atoms with Crippen molar-refractivity contribution in [1.29, 1.82) is 0 Å². The molecule has 3 aromatic rings. The van der Waals surface area contributed by atoms with Crippen LogP contribution in [-0.2, 0) is 4.79 Å². The molecule has 0 atom stereocenters. The van der Waals surface area contributed by atoms with Crippen LogP contribution in [0.2, 0.25) is 5.02 Å². The van der Waals surface area contributed by atoms with E-state index >= 15 is 0 Å². The number of ether oxygens (including phenoxy) is 1. The van der Waals surface area contributed by atoms with Gasteiger partial charge in [-0.1, -0.05) is 60.9 Å². The minimum Gasteiger partial charge on any atom is -0.438 e. The molecule has 35 heavy (non-hydrogen) atoms. The van der Waals surface area contributed by atoms with Gasteiger partial charge in [0.2, 0.25) is 5.88 Å². The smallest absolute Gasteiger partial charge is 0.269 e. The molecule has 1 saturated heterocycles. The maximum absolute atomic E-state index is 13.6. The van der Waals surface area contributed by atoms with Crippen LogP contribution >= 0.6 is 35.6 Å². The minimum atomic E-state index is -0.317. The molecule has 0 radical (unpaired) electrons. The van der Waals surface area contributed by atoms with Crippen molar-refractivity contribution >= 4 is 57.5 Å². The Bertz CT molecular complexity index is 1440. The van der Waals surface area contributed by atoms with Crippen LogP contribution in [0.25, 0.3) is 11.7 Å². The number of rotatable bonds is 4. The second-order valence-electron chi connectivity index (χ2n) is 8.88. The first-order valence-electron chi connectivity index (χ1n) is 11.6. The van der Waals surface area contributed by atoms with Crippen molar-refractivity contribution in [1.82, 2.24) is 14.3 Å². The van der Waals surface area contributed by atoms with Gasteiger partial charge < -0.3 is 4.74 Å². The van der Waals surface area contributed by atoms with Crippen LogP contribution in [0.1, 0.15) is 48.8 Å². The van der Waals surface area contributed by atoms with E-state index in [9.17, 15) is 9.59 Å². The van der Waals surface area contributed by atoms with Gasteiger partial charge in [0.1, 0.15) is 21.3 Å². The molecular weight excluding hydrogens is 502 g/mol. The second kappa shape index (κ2) is 9.76. The molecule has 1 aliphatic carbocycles. The first-order chi connectivity index (χ1) is 16.8. The zero-order chi connectivity index (χ0) is 24.7. The Labute approximate surface area is 217 Å². The number of hydrogen-bond donors (Lipinski definition) is 0. The summed E-state index contributed by atoms with van der Waals surface area (Å²) in [5.74, 6) is 0.476. The molecule has 180 valence electrons. The standard InChI is InChI=1S/C26H24ClN3O3S2/c1-15-7-6-12-29-22(15)28-23(33-18-10-11-20(27)16(2)13-18)19(24(29)31)14-21-25(32)30(26(34)35-21)17-8-4-3-5-9-17/h6-7,10-14,17H,3-5,8-9H2,1-2H3/b21-14+. The van der Waals surface area contributed by atoms with E-state index < -0.39 is 0 Å². The lowest BCUT2D eigenvalue weighted by Crippen LogP contribution is -2.39. The number of thiocarbonyl (C=S) groups is 1. The van der Waals surface area contributed by atoms with Crippen molar-refractivity contribution in [3.63, 3.8) is 0 Å². The predicted molar refractivity (Wildman–Crippen MR) is 144 cm³/mol. The summed E-state index contributed by atoms with van der Waals surface area (Å²) < 4.78 is 8.12. The summed E-state index contributed by atoms with van der Waals surface area (Å²) in [6.45, 7) is 3.76. The number of aromatic nitrogens is 2. The van der Waals surface area contributed by atoms with Gasteiger partial charge in [-0.05, 0) is 68.2 Å². The fourth-order valence-electron chi connectivity index (χ4n) is 4.55. The number of pyridine rings is 1. The van der Waals surface area contributed by atoms with Crippen molar-refractivity contribution in [2.75, 3.05) is 0 Å². The third-order valence-corrected chi connectivity index (χ3v) is 8.19. The van der Waals surface area contributed by atoms with Gasteiger partial charge in [-0.25, -0.2) is 0 Å². The van der Waals surface area contributed by atoms with Gasteiger partial charge in [0.05, 0.1) is 4.91 Å². The Balaban J connectivity index is 1.61. The first-order valence-corrected chi connectivity index (χ1v) is 13.2. The molecule has 5 rings (SSSR count). The van der Waals surface area contributed by atoms with Crippen LogP contribution in [-0.4, -0.2) is 30.6 Å². The Morgan fingerprint density at radius 3 is 2.66 bits per heavy atom. The van der Waals surface area contributed by atoms with Gasteiger partial charge in [-0.3, -0.25) is 18.9 Å². The number of halogens is 1. The zero-order valence-corrected chi connectivity index (χ0v) is 21.8. The summed E-state index contributed by atoms with van der Waals surface area (Å²) in [7, 11) is 0. The monoisotopic (exact) mass is 525 g/mol. The fraction of sp³-hybridized carbons (Fsp3) is 0.308. The summed E-state index contributed by atoms with van der Waals surface area (Å²) in [5, 5.41) is 0.617. The third kappa shape index (κ3) is 4.62. The van der Waals surface area contributed by atoms with Crippen molar-refractivity contribution in [2.24, 2.45) is 0 Å². The SMILES string of the molecule is Cc1cc(Oc2nc3c(C)cccn3c(=O)c2/C=C2/SC(=S)N(C3CCCCC3)C2=O)ccc1Cl. The summed E-state index contributed by atoms with van der Waals surface area (Å²) in [6.07, 6.45) is 8.50. The molecule has 3 heterocycles. The highest BCUT2D eigenvalue weighted by Crippen LogP contribution is 2.38. The van der Waals surface area contributed by atoms with E-state index in [1.165, 1.54) is 22.6 Å². The Kier molecular flexibility index (Phi) is 6.70. The average molecular weight is 526 g/mol. The number of nitrogens with zero attached hydrogens (tertiary/aromatic N) is 3. The van der Waals surface area contributed by atoms with Crippen molar-refractivity contribution in [3.8, 4) is 11.6 Å². The molecule has 2 aromatic heterocycles. The van der Waals surface area contributed by atoms with E-state index in [1.807, 2.05) is 19.9 Å². The summed E-state index contributed by atoms with van der Waals surface area (Å²) in [4.78, 5) is 33.8. The first kappa shape index (κ1) is 24.0. The Morgan fingerprint density at radius 2 is 1.91 bits per heavy atom. The predicted octanol–water partition coefficient (Wildman–Crippen LogP) is 6.29. The van der Waals surface area contributed by atoms with E-state index in [0.29, 0.717) is 25.6 Å². The topological polar surface area (TPSA) is 63.9 Å². The van der Waals surface area contributed by atoms with E-state index in [2.05, 4.69) is 4.98 Å². The number of hydrogen-bond acceptors (Lipinski definition) is 6. The molecule has 0 N–H and O–H groups in total. The molecule has 6 nitrogen and oxygen atoms in total. The van der Waals surface area contributed by atoms with Crippen molar-refractivity contribution < 1.29 is 9.53 Å². The van der Waals surface area contributed by atoms with E-state index in [1.54, 1.807) is 41.4 Å². The van der Waals surface area contributed by atoms with Gasteiger partial charge in [0, 0.05) is 17.3 Å². The number of aryl methyl sites for hydroxylation is 2. The molecule has 1 aromatic carbocycles. The number of fused-ring (bicyclic) bond motifs is 1. The number of benzene rings is 1. The maximum atomic E-state index is 13.6. The molecule has 0 unspecified atom stereocenters. The highest BCUT2D eigenvalue weighted by atomic mass is 35.5. The summed E-state index contributed by atoms with van der Waals surface area (Å²) >= 11 is 13.0. The van der Waals surface area contributed by atoms with Gasteiger partial charge >= 0.3 is 0 Å². The average Bonchev–Trinajstić information content (AvgIpc) is 3.12.